The predicted molar refractivity (Wildman–Crippen MR) is 128 cm³/mol. The number of carbonyl (C=O) groups is 1. The van der Waals surface area contributed by atoms with Gasteiger partial charge in [-0.25, -0.2) is 4.98 Å². The second-order valence-electron chi connectivity index (χ2n) is 8.88. The molecule has 0 unspecified atom stereocenters. The molecule has 0 radical (unpaired) electrons. The number of hydrogen-bond acceptors (Lipinski definition) is 4. The van der Waals surface area contributed by atoms with Crippen LogP contribution in [0.1, 0.15) is 50.5 Å². The molecule has 1 amide bonds. The van der Waals surface area contributed by atoms with Gasteiger partial charge in [-0.15, -0.1) is 0 Å². The van der Waals surface area contributed by atoms with E-state index in [0.29, 0.717) is 17.6 Å². The van der Waals surface area contributed by atoms with E-state index in [2.05, 4.69) is 51.4 Å². The summed E-state index contributed by atoms with van der Waals surface area (Å²) < 4.78 is 0. The van der Waals surface area contributed by atoms with Gasteiger partial charge in [0, 0.05) is 50.5 Å². The normalized spacial score (nSPS) is 18.1. The first kappa shape index (κ1) is 21.9. The highest BCUT2D eigenvalue weighted by atomic mass is 35.5. The minimum Gasteiger partial charge on any atom is -0.372 e. The average Bonchev–Trinajstić information content (AvgIpc) is 2.83. The zero-order valence-corrected chi connectivity index (χ0v) is 19.2. The molecule has 1 saturated heterocycles. The van der Waals surface area contributed by atoms with Crippen LogP contribution in [0.4, 0.5) is 11.5 Å². The van der Waals surface area contributed by atoms with E-state index in [9.17, 15) is 4.79 Å². The Labute approximate surface area is 190 Å². The highest BCUT2D eigenvalue weighted by Gasteiger charge is 2.25. The summed E-state index contributed by atoms with van der Waals surface area (Å²) in [6.45, 7) is 2.27. The number of amides is 1. The topological polar surface area (TPSA) is 48.5 Å². The lowest BCUT2D eigenvalue weighted by atomic mass is 9.94. The quantitative estimate of drug-likeness (QED) is 0.683. The summed E-state index contributed by atoms with van der Waals surface area (Å²) in [7, 11) is 2.21. The van der Waals surface area contributed by atoms with E-state index >= 15 is 0 Å². The van der Waals surface area contributed by atoms with Gasteiger partial charge < -0.3 is 15.1 Å². The van der Waals surface area contributed by atoms with Crippen molar-refractivity contribution in [2.24, 2.45) is 5.92 Å². The zero-order chi connectivity index (χ0) is 21.6. The number of anilines is 2. The van der Waals surface area contributed by atoms with Gasteiger partial charge in [-0.3, -0.25) is 4.79 Å². The average molecular weight is 441 g/mol. The van der Waals surface area contributed by atoms with E-state index in [-0.39, 0.29) is 11.8 Å². The molecule has 0 atom stereocenters. The van der Waals surface area contributed by atoms with Crippen LogP contribution in [0.3, 0.4) is 0 Å². The van der Waals surface area contributed by atoms with Crippen LogP contribution in [0.5, 0.6) is 0 Å². The third kappa shape index (κ3) is 5.70. The van der Waals surface area contributed by atoms with Crippen molar-refractivity contribution < 1.29 is 4.79 Å². The molecule has 166 valence electrons. The summed E-state index contributed by atoms with van der Waals surface area (Å²) >= 11 is 5.92. The molecule has 1 saturated carbocycles. The number of carbonyl (C=O) groups excluding carboxylic acids is 1. The summed E-state index contributed by atoms with van der Waals surface area (Å²) in [4.78, 5) is 21.7. The fourth-order valence-electron chi connectivity index (χ4n) is 4.79. The Morgan fingerprint density at radius 3 is 2.42 bits per heavy atom. The van der Waals surface area contributed by atoms with Crippen LogP contribution in [0.25, 0.3) is 0 Å². The molecular formula is C25H33ClN4O. The third-order valence-electron chi connectivity index (χ3n) is 6.83. The van der Waals surface area contributed by atoms with E-state index in [1.165, 1.54) is 37.8 Å². The van der Waals surface area contributed by atoms with Crippen LogP contribution in [0.15, 0.2) is 42.6 Å². The lowest BCUT2D eigenvalue weighted by molar-refractivity contribution is -0.125. The van der Waals surface area contributed by atoms with Crippen molar-refractivity contribution in [2.45, 2.75) is 57.5 Å². The maximum Gasteiger partial charge on any atom is 0.223 e. The molecule has 1 aliphatic carbocycles. The van der Waals surface area contributed by atoms with Gasteiger partial charge in [0.2, 0.25) is 5.91 Å². The summed E-state index contributed by atoms with van der Waals surface area (Å²) in [5.74, 6) is 1.16. The van der Waals surface area contributed by atoms with Crippen molar-refractivity contribution in [1.29, 1.82) is 0 Å². The Balaban J connectivity index is 1.23. The molecule has 1 aromatic carbocycles. The largest absolute Gasteiger partial charge is 0.372 e. The molecule has 2 aliphatic rings. The van der Waals surface area contributed by atoms with Crippen molar-refractivity contribution in [3.8, 4) is 0 Å². The van der Waals surface area contributed by atoms with Gasteiger partial charge in [-0.1, -0.05) is 43.0 Å². The number of benzene rings is 1. The number of nitrogens with zero attached hydrogens (tertiary/aromatic N) is 3. The molecule has 1 aliphatic heterocycles. The highest BCUT2D eigenvalue weighted by Crippen LogP contribution is 2.26. The lowest BCUT2D eigenvalue weighted by Crippen LogP contribution is -2.40. The fourth-order valence-corrected chi connectivity index (χ4v) is 4.90. The maximum atomic E-state index is 12.7. The Kier molecular flexibility index (Phi) is 7.33. The summed E-state index contributed by atoms with van der Waals surface area (Å²) in [6.07, 6.45) is 10.0. The minimum atomic E-state index is 0.0697. The Morgan fingerprint density at radius 2 is 1.77 bits per heavy atom. The van der Waals surface area contributed by atoms with E-state index in [1.54, 1.807) is 6.20 Å². The SMILES string of the molecule is CN(c1ccc(CNC(=O)C2CCN(c3ccc(Cl)cn3)CC2)cc1)C1CCCCC1. The maximum absolute atomic E-state index is 12.7. The van der Waals surface area contributed by atoms with Crippen molar-refractivity contribution >= 4 is 29.0 Å². The first-order chi connectivity index (χ1) is 15.1. The standard InChI is InChI=1S/C25H33ClN4O/c1-29(22-5-3-2-4-6-22)23-10-7-19(8-11-23)17-28-25(31)20-13-15-30(16-14-20)24-12-9-21(26)18-27-24/h7-12,18,20,22H,2-6,13-17H2,1H3,(H,28,31). The molecule has 6 heteroatoms. The molecule has 0 spiro atoms. The van der Waals surface area contributed by atoms with Crippen LogP contribution in [0.2, 0.25) is 5.02 Å². The molecule has 4 rings (SSSR count). The van der Waals surface area contributed by atoms with Crippen LogP contribution in [-0.4, -0.2) is 37.1 Å². The number of hydrogen-bond donors (Lipinski definition) is 1. The van der Waals surface area contributed by atoms with E-state index in [4.69, 9.17) is 11.6 Å². The molecule has 2 fully saturated rings. The van der Waals surface area contributed by atoms with Crippen molar-refractivity contribution in [1.82, 2.24) is 10.3 Å². The number of piperidine rings is 1. The number of rotatable bonds is 6. The number of pyridine rings is 1. The second-order valence-corrected chi connectivity index (χ2v) is 9.32. The van der Waals surface area contributed by atoms with E-state index in [0.717, 1.165) is 37.3 Å². The fraction of sp³-hybridized carbons (Fsp3) is 0.520. The molecule has 31 heavy (non-hydrogen) atoms. The monoisotopic (exact) mass is 440 g/mol. The molecule has 2 heterocycles. The van der Waals surface area contributed by atoms with Gasteiger partial charge in [0.25, 0.3) is 0 Å². The first-order valence-corrected chi connectivity index (χ1v) is 11.9. The molecule has 1 aromatic heterocycles. The second kappa shape index (κ2) is 10.4. The van der Waals surface area contributed by atoms with Crippen molar-refractivity contribution in [3.05, 3.63) is 53.2 Å². The molecule has 2 aromatic rings. The van der Waals surface area contributed by atoms with Gasteiger partial charge in [0.15, 0.2) is 0 Å². The molecule has 5 nitrogen and oxygen atoms in total. The van der Waals surface area contributed by atoms with Crippen LogP contribution < -0.4 is 15.1 Å². The smallest absolute Gasteiger partial charge is 0.223 e. The van der Waals surface area contributed by atoms with Gasteiger partial charge in [0.1, 0.15) is 5.82 Å². The minimum absolute atomic E-state index is 0.0697. The molecule has 1 N–H and O–H groups in total. The lowest BCUT2D eigenvalue weighted by Gasteiger charge is -2.33. The summed E-state index contributed by atoms with van der Waals surface area (Å²) in [6, 6.07) is 13.1. The highest BCUT2D eigenvalue weighted by molar-refractivity contribution is 6.30. The molecular weight excluding hydrogens is 408 g/mol. The zero-order valence-electron chi connectivity index (χ0n) is 18.4. The Bertz CT molecular complexity index is 841. The number of nitrogens with one attached hydrogen (secondary N) is 1. The van der Waals surface area contributed by atoms with E-state index < -0.39 is 0 Å². The molecule has 0 bridgehead atoms. The van der Waals surface area contributed by atoms with Gasteiger partial charge >= 0.3 is 0 Å². The third-order valence-corrected chi connectivity index (χ3v) is 7.06. The Morgan fingerprint density at radius 1 is 1.06 bits per heavy atom. The summed E-state index contributed by atoms with van der Waals surface area (Å²) in [5.41, 5.74) is 2.42. The van der Waals surface area contributed by atoms with Gasteiger partial charge in [-0.05, 0) is 55.5 Å². The Hall–Kier alpha value is -2.27. The number of aromatic nitrogens is 1. The predicted octanol–water partition coefficient (Wildman–Crippen LogP) is 5.04. The first-order valence-electron chi connectivity index (χ1n) is 11.6. The van der Waals surface area contributed by atoms with Crippen LogP contribution in [0, 0.1) is 5.92 Å². The van der Waals surface area contributed by atoms with E-state index in [1.807, 2.05) is 12.1 Å². The summed E-state index contributed by atoms with van der Waals surface area (Å²) in [5, 5.41) is 3.78. The van der Waals surface area contributed by atoms with Crippen LogP contribution in [-0.2, 0) is 11.3 Å². The van der Waals surface area contributed by atoms with Crippen molar-refractivity contribution in [2.75, 3.05) is 29.9 Å². The van der Waals surface area contributed by atoms with Crippen molar-refractivity contribution in [3.63, 3.8) is 0 Å². The van der Waals surface area contributed by atoms with Crippen LogP contribution >= 0.6 is 11.6 Å². The van der Waals surface area contributed by atoms with Gasteiger partial charge in [0.05, 0.1) is 5.02 Å². The number of halogens is 1. The van der Waals surface area contributed by atoms with Gasteiger partial charge in [-0.2, -0.15) is 0 Å².